The minimum absolute atomic E-state index is 0.136. The van der Waals surface area contributed by atoms with E-state index in [0.29, 0.717) is 12.8 Å². The van der Waals surface area contributed by atoms with Crippen LogP contribution >= 0.6 is 0 Å². The van der Waals surface area contributed by atoms with Gasteiger partial charge in [-0.25, -0.2) is 0 Å². The van der Waals surface area contributed by atoms with Gasteiger partial charge in [0.15, 0.2) is 0 Å². The zero-order chi connectivity index (χ0) is 20.4. The van der Waals surface area contributed by atoms with Crippen molar-refractivity contribution >= 4 is 10.1 Å². The van der Waals surface area contributed by atoms with E-state index >= 15 is 0 Å². The molecule has 0 rings (SSSR count). The highest BCUT2D eigenvalue weighted by atomic mass is 32.2. The van der Waals surface area contributed by atoms with Crippen LogP contribution in [0.3, 0.4) is 0 Å². The van der Waals surface area contributed by atoms with Gasteiger partial charge in [0.25, 0.3) is 10.1 Å². The summed E-state index contributed by atoms with van der Waals surface area (Å²) in [7, 11) is -3.85. The Morgan fingerprint density at radius 3 is 1.19 bits per heavy atom. The van der Waals surface area contributed by atoms with Gasteiger partial charge in [0, 0.05) is 0 Å². The fourth-order valence-electron chi connectivity index (χ4n) is 3.67. The highest BCUT2D eigenvalue weighted by molar-refractivity contribution is 7.86. The number of rotatable bonds is 20. The Morgan fingerprint density at radius 1 is 0.630 bits per heavy atom. The molecule has 5 heteroatoms. The quantitative estimate of drug-likeness (QED) is 0.175. The molecule has 0 amide bonds. The Morgan fingerprint density at radius 2 is 0.926 bits per heavy atom. The van der Waals surface area contributed by atoms with E-state index in [1.807, 2.05) is 13.8 Å². The van der Waals surface area contributed by atoms with Crippen LogP contribution in [0.5, 0.6) is 0 Å². The molecule has 2 unspecified atom stereocenters. The van der Waals surface area contributed by atoms with Crippen molar-refractivity contribution in [1.29, 1.82) is 0 Å². The highest BCUT2D eigenvalue weighted by Crippen LogP contribution is 2.16. The van der Waals surface area contributed by atoms with Crippen LogP contribution in [-0.2, 0) is 10.1 Å². The summed E-state index contributed by atoms with van der Waals surface area (Å²) in [5.74, 6) is 0. The summed E-state index contributed by atoms with van der Waals surface area (Å²) < 4.78 is 31.3. The van der Waals surface area contributed by atoms with Crippen LogP contribution in [0, 0.1) is 0 Å². The molecule has 0 aliphatic heterocycles. The van der Waals surface area contributed by atoms with E-state index in [0.717, 1.165) is 25.7 Å². The Labute approximate surface area is 169 Å². The van der Waals surface area contributed by atoms with E-state index in [-0.39, 0.29) is 6.10 Å². The lowest BCUT2D eigenvalue weighted by Gasteiger charge is -2.10. The molecule has 2 atom stereocenters. The van der Waals surface area contributed by atoms with Crippen molar-refractivity contribution in [2.45, 2.75) is 141 Å². The molecule has 27 heavy (non-hydrogen) atoms. The Balaban J connectivity index is 3.21. The van der Waals surface area contributed by atoms with Gasteiger partial charge >= 0.3 is 0 Å². The monoisotopic (exact) mass is 406 g/mol. The van der Waals surface area contributed by atoms with Crippen molar-refractivity contribution in [3.8, 4) is 0 Å². The van der Waals surface area contributed by atoms with Gasteiger partial charge in [-0.3, -0.25) is 4.55 Å². The maximum atomic E-state index is 11.1. The van der Waals surface area contributed by atoms with Crippen molar-refractivity contribution in [2.75, 3.05) is 0 Å². The van der Waals surface area contributed by atoms with Crippen LogP contribution < -0.4 is 0 Å². The number of aliphatic hydroxyl groups excluding tert-OH is 1. The topological polar surface area (TPSA) is 74.6 Å². The third-order valence-corrected chi connectivity index (χ3v) is 6.94. The standard InChI is InChI=1S/C22H46O4S/c1-3-22(27(24,25)26)20-18-16-14-12-10-8-6-4-5-7-9-11-13-15-17-19-21(2)23/h21-23H,3-20H2,1-2H3,(H,24,25,26). The molecule has 2 N–H and O–H groups in total. The SMILES string of the molecule is CCC(CCCCCCCCCCCCCCCCCC(C)O)S(=O)(=O)O. The molecule has 0 aliphatic carbocycles. The molecule has 0 radical (unpaired) electrons. The second-order valence-electron chi connectivity index (χ2n) is 8.27. The van der Waals surface area contributed by atoms with Crippen LogP contribution in [0.4, 0.5) is 0 Å². The van der Waals surface area contributed by atoms with E-state index < -0.39 is 15.4 Å². The van der Waals surface area contributed by atoms with E-state index in [2.05, 4.69) is 0 Å². The van der Waals surface area contributed by atoms with Crippen molar-refractivity contribution in [3.63, 3.8) is 0 Å². The van der Waals surface area contributed by atoms with Crippen LogP contribution in [0.1, 0.15) is 129 Å². The first-order valence-corrected chi connectivity index (χ1v) is 13.0. The second-order valence-corrected chi connectivity index (χ2v) is 9.97. The van der Waals surface area contributed by atoms with E-state index in [9.17, 15) is 13.5 Å². The average Bonchev–Trinajstić information content (AvgIpc) is 2.59. The number of unbranched alkanes of at least 4 members (excludes halogenated alkanes) is 14. The molecule has 0 aliphatic rings. The molecule has 0 bridgehead atoms. The first kappa shape index (κ1) is 26.9. The van der Waals surface area contributed by atoms with Crippen molar-refractivity contribution in [1.82, 2.24) is 0 Å². The van der Waals surface area contributed by atoms with Crippen LogP contribution in [0.15, 0.2) is 0 Å². The minimum Gasteiger partial charge on any atom is -0.393 e. The molecule has 0 aromatic heterocycles. The zero-order valence-electron chi connectivity index (χ0n) is 18.0. The zero-order valence-corrected chi connectivity index (χ0v) is 18.8. The Hall–Kier alpha value is -0.130. The molecular formula is C22H46O4S. The smallest absolute Gasteiger partial charge is 0.267 e. The normalized spacial score (nSPS) is 14.4. The summed E-state index contributed by atoms with van der Waals surface area (Å²) in [6.07, 6.45) is 20.8. The lowest BCUT2D eigenvalue weighted by Crippen LogP contribution is -2.19. The molecule has 0 spiro atoms. The number of aliphatic hydroxyl groups is 1. The second kappa shape index (κ2) is 17.9. The lowest BCUT2D eigenvalue weighted by molar-refractivity contribution is 0.180. The predicted molar refractivity (Wildman–Crippen MR) is 116 cm³/mol. The van der Waals surface area contributed by atoms with Gasteiger partial charge in [0.1, 0.15) is 0 Å². The third kappa shape index (κ3) is 19.0. The fraction of sp³-hybridized carbons (Fsp3) is 1.00. The van der Waals surface area contributed by atoms with Gasteiger partial charge in [0.05, 0.1) is 11.4 Å². The summed E-state index contributed by atoms with van der Waals surface area (Å²) in [6.45, 7) is 3.69. The summed E-state index contributed by atoms with van der Waals surface area (Å²) in [4.78, 5) is 0. The van der Waals surface area contributed by atoms with Crippen LogP contribution in [-0.4, -0.2) is 29.4 Å². The maximum Gasteiger partial charge on any atom is 0.267 e. The van der Waals surface area contributed by atoms with Gasteiger partial charge in [-0.15, -0.1) is 0 Å². The first-order valence-electron chi connectivity index (χ1n) is 11.5. The van der Waals surface area contributed by atoms with E-state index in [1.54, 1.807) is 0 Å². The van der Waals surface area contributed by atoms with Crippen molar-refractivity contribution in [2.24, 2.45) is 0 Å². The molecule has 0 saturated carbocycles. The Bertz CT molecular complexity index is 407. The minimum atomic E-state index is -3.85. The molecule has 0 heterocycles. The summed E-state index contributed by atoms with van der Waals surface area (Å²) >= 11 is 0. The first-order chi connectivity index (χ1) is 12.9. The van der Waals surface area contributed by atoms with Crippen molar-refractivity contribution < 1.29 is 18.1 Å². The van der Waals surface area contributed by atoms with Crippen molar-refractivity contribution in [3.05, 3.63) is 0 Å². The summed E-state index contributed by atoms with van der Waals surface area (Å²) in [5, 5.41) is 8.63. The molecule has 0 saturated heterocycles. The molecule has 164 valence electrons. The average molecular weight is 407 g/mol. The largest absolute Gasteiger partial charge is 0.393 e. The summed E-state index contributed by atoms with van der Waals surface area (Å²) in [6, 6.07) is 0. The summed E-state index contributed by atoms with van der Waals surface area (Å²) in [5.41, 5.74) is 0. The van der Waals surface area contributed by atoms with Crippen LogP contribution in [0.25, 0.3) is 0 Å². The molecular weight excluding hydrogens is 360 g/mol. The number of hydrogen-bond acceptors (Lipinski definition) is 3. The van der Waals surface area contributed by atoms with E-state index in [1.165, 1.54) is 77.0 Å². The fourth-order valence-corrected chi connectivity index (χ4v) is 4.56. The predicted octanol–water partition coefficient (Wildman–Crippen LogP) is 6.67. The maximum absolute atomic E-state index is 11.1. The third-order valence-electron chi connectivity index (χ3n) is 5.52. The molecule has 0 aromatic rings. The highest BCUT2D eigenvalue weighted by Gasteiger charge is 2.19. The van der Waals surface area contributed by atoms with E-state index in [4.69, 9.17) is 4.55 Å². The van der Waals surface area contributed by atoms with Gasteiger partial charge in [0.2, 0.25) is 0 Å². The Kier molecular flexibility index (Phi) is 17.8. The van der Waals surface area contributed by atoms with Gasteiger partial charge < -0.3 is 5.11 Å². The number of hydrogen-bond donors (Lipinski definition) is 2. The molecule has 0 aromatic carbocycles. The molecule has 0 fully saturated rings. The van der Waals surface area contributed by atoms with Crippen LogP contribution in [0.2, 0.25) is 0 Å². The molecule has 4 nitrogen and oxygen atoms in total. The van der Waals surface area contributed by atoms with Gasteiger partial charge in [-0.05, 0) is 26.2 Å². The lowest BCUT2D eigenvalue weighted by atomic mass is 10.0. The van der Waals surface area contributed by atoms with Gasteiger partial charge in [-0.2, -0.15) is 8.42 Å². The van der Waals surface area contributed by atoms with Gasteiger partial charge in [-0.1, -0.05) is 103 Å².